The molecule has 3 rings (SSSR count). The molecule has 188 valence electrons. The number of aromatic nitrogens is 1. The molecule has 35 heavy (non-hydrogen) atoms. The SMILES string of the molecule is Cc1cc(NC(=O)C(=O)N2CCCC[C@H]2c2cc(F)c(F)c(F)c2)cnc1NC(=O)OC(C)(C)C. The minimum Gasteiger partial charge on any atom is -0.444 e. The van der Waals surface area contributed by atoms with Crippen molar-refractivity contribution in [2.45, 2.75) is 58.6 Å². The summed E-state index contributed by atoms with van der Waals surface area (Å²) in [5.74, 6) is -5.94. The molecular weight excluding hydrogens is 465 g/mol. The number of hydrogen-bond acceptors (Lipinski definition) is 5. The number of carbonyl (C=O) groups excluding carboxylic acids is 3. The van der Waals surface area contributed by atoms with Gasteiger partial charge in [-0.2, -0.15) is 0 Å². The van der Waals surface area contributed by atoms with Crippen LogP contribution in [0.4, 0.5) is 29.5 Å². The molecule has 0 saturated carbocycles. The molecule has 1 fully saturated rings. The number of nitrogens with one attached hydrogen (secondary N) is 2. The molecule has 1 saturated heterocycles. The maximum atomic E-state index is 13.8. The fraction of sp³-hybridized carbons (Fsp3) is 0.417. The Morgan fingerprint density at radius 2 is 1.71 bits per heavy atom. The van der Waals surface area contributed by atoms with E-state index in [-0.39, 0.29) is 23.6 Å². The van der Waals surface area contributed by atoms with E-state index in [0.717, 1.165) is 12.1 Å². The van der Waals surface area contributed by atoms with Gasteiger partial charge in [0.1, 0.15) is 11.4 Å². The number of rotatable bonds is 3. The quantitative estimate of drug-likeness (QED) is 0.472. The number of piperidine rings is 1. The number of nitrogens with zero attached hydrogens (tertiary/aromatic N) is 2. The van der Waals surface area contributed by atoms with Crippen LogP contribution in [0.25, 0.3) is 0 Å². The summed E-state index contributed by atoms with van der Waals surface area (Å²) in [7, 11) is 0. The highest BCUT2D eigenvalue weighted by atomic mass is 19.2. The zero-order valence-electron chi connectivity index (χ0n) is 19.9. The highest BCUT2D eigenvalue weighted by molar-refractivity contribution is 6.39. The predicted molar refractivity (Wildman–Crippen MR) is 122 cm³/mol. The van der Waals surface area contributed by atoms with Gasteiger partial charge in [-0.1, -0.05) is 0 Å². The number of pyridine rings is 1. The van der Waals surface area contributed by atoms with Crippen LogP contribution in [0.15, 0.2) is 24.4 Å². The van der Waals surface area contributed by atoms with Crippen molar-refractivity contribution in [1.29, 1.82) is 0 Å². The minimum absolute atomic E-state index is 0.0809. The zero-order valence-corrected chi connectivity index (χ0v) is 19.9. The number of hydrogen-bond donors (Lipinski definition) is 2. The van der Waals surface area contributed by atoms with Crippen LogP contribution in [-0.2, 0) is 14.3 Å². The van der Waals surface area contributed by atoms with Crippen LogP contribution >= 0.6 is 0 Å². The number of ether oxygens (including phenoxy) is 1. The van der Waals surface area contributed by atoms with Gasteiger partial charge in [0.2, 0.25) is 0 Å². The second-order valence-electron chi connectivity index (χ2n) is 9.28. The second-order valence-corrected chi connectivity index (χ2v) is 9.28. The van der Waals surface area contributed by atoms with Gasteiger partial charge in [0.25, 0.3) is 0 Å². The van der Waals surface area contributed by atoms with E-state index in [0.29, 0.717) is 24.8 Å². The Hall–Kier alpha value is -3.63. The maximum absolute atomic E-state index is 13.8. The zero-order chi connectivity index (χ0) is 25.9. The van der Waals surface area contributed by atoms with Crippen LogP contribution in [0, 0.1) is 24.4 Å². The Morgan fingerprint density at radius 3 is 2.31 bits per heavy atom. The molecule has 1 aliphatic rings. The van der Waals surface area contributed by atoms with E-state index in [1.165, 1.54) is 17.2 Å². The highest BCUT2D eigenvalue weighted by Crippen LogP contribution is 2.32. The Labute approximate surface area is 200 Å². The topological polar surface area (TPSA) is 101 Å². The van der Waals surface area contributed by atoms with E-state index >= 15 is 0 Å². The van der Waals surface area contributed by atoms with E-state index in [4.69, 9.17) is 4.74 Å². The van der Waals surface area contributed by atoms with E-state index in [1.807, 2.05) is 0 Å². The first-order chi connectivity index (χ1) is 16.4. The van der Waals surface area contributed by atoms with Crippen molar-refractivity contribution >= 4 is 29.4 Å². The summed E-state index contributed by atoms with van der Waals surface area (Å²) in [6.07, 6.45) is 2.22. The molecule has 11 heteroatoms. The average Bonchev–Trinajstić information content (AvgIpc) is 2.77. The van der Waals surface area contributed by atoms with Crippen LogP contribution < -0.4 is 10.6 Å². The van der Waals surface area contributed by atoms with Gasteiger partial charge in [-0.25, -0.2) is 22.9 Å². The van der Waals surface area contributed by atoms with E-state index < -0.39 is 47.0 Å². The van der Waals surface area contributed by atoms with Crippen molar-refractivity contribution in [2.24, 2.45) is 0 Å². The lowest BCUT2D eigenvalue weighted by atomic mass is 9.94. The Kier molecular flexibility index (Phi) is 7.67. The van der Waals surface area contributed by atoms with Gasteiger partial charge in [-0.05, 0) is 76.3 Å². The maximum Gasteiger partial charge on any atom is 0.413 e. The van der Waals surface area contributed by atoms with E-state index in [9.17, 15) is 27.6 Å². The Morgan fingerprint density at radius 1 is 1.06 bits per heavy atom. The summed E-state index contributed by atoms with van der Waals surface area (Å²) in [5.41, 5.74) is 0.110. The molecule has 1 aromatic carbocycles. The molecule has 2 N–H and O–H groups in total. The first kappa shape index (κ1) is 26.0. The molecular formula is C24H27F3N4O4. The summed E-state index contributed by atoms with van der Waals surface area (Å²) >= 11 is 0. The van der Waals surface area contributed by atoms with E-state index in [2.05, 4.69) is 15.6 Å². The summed E-state index contributed by atoms with van der Waals surface area (Å²) in [6, 6.07) is 2.43. The number of anilines is 2. The van der Waals surface area contributed by atoms with Crippen LogP contribution in [0.5, 0.6) is 0 Å². The molecule has 0 spiro atoms. The number of aryl methyl sites for hydroxylation is 1. The van der Waals surface area contributed by atoms with Crippen LogP contribution in [0.3, 0.4) is 0 Å². The molecule has 3 amide bonds. The summed E-state index contributed by atoms with van der Waals surface area (Å²) in [5, 5.41) is 4.97. The lowest BCUT2D eigenvalue weighted by Gasteiger charge is -2.35. The lowest BCUT2D eigenvalue weighted by Crippen LogP contribution is -2.44. The molecule has 1 aromatic heterocycles. The van der Waals surface area contributed by atoms with Gasteiger partial charge in [-0.15, -0.1) is 0 Å². The summed E-state index contributed by atoms with van der Waals surface area (Å²) in [6.45, 7) is 7.01. The third-order valence-electron chi connectivity index (χ3n) is 5.30. The first-order valence-electron chi connectivity index (χ1n) is 11.1. The number of carbonyl (C=O) groups is 3. The molecule has 0 unspecified atom stereocenters. The van der Waals surface area contributed by atoms with Crippen LogP contribution in [0.1, 0.15) is 57.2 Å². The van der Waals surface area contributed by atoms with Crippen molar-refractivity contribution < 1.29 is 32.3 Å². The normalized spacial score (nSPS) is 16.0. The Bertz CT molecular complexity index is 1130. The van der Waals surface area contributed by atoms with Crippen molar-refractivity contribution in [2.75, 3.05) is 17.2 Å². The highest BCUT2D eigenvalue weighted by Gasteiger charge is 2.33. The van der Waals surface area contributed by atoms with Crippen LogP contribution in [-0.4, -0.2) is 39.9 Å². The molecule has 2 aromatic rings. The van der Waals surface area contributed by atoms with Crippen LogP contribution in [0.2, 0.25) is 0 Å². The smallest absolute Gasteiger partial charge is 0.413 e. The second kappa shape index (κ2) is 10.3. The first-order valence-corrected chi connectivity index (χ1v) is 11.1. The minimum atomic E-state index is -1.59. The molecule has 1 atom stereocenters. The Balaban J connectivity index is 1.71. The average molecular weight is 492 g/mol. The largest absolute Gasteiger partial charge is 0.444 e. The number of amides is 3. The molecule has 2 heterocycles. The summed E-state index contributed by atoms with van der Waals surface area (Å²) in [4.78, 5) is 42.9. The number of likely N-dealkylation sites (tertiary alicyclic amines) is 1. The van der Waals surface area contributed by atoms with Gasteiger partial charge in [0.05, 0.1) is 17.9 Å². The van der Waals surface area contributed by atoms with Gasteiger partial charge in [0.15, 0.2) is 17.5 Å². The molecule has 8 nitrogen and oxygen atoms in total. The lowest BCUT2D eigenvalue weighted by molar-refractivity contribution is -0.145. The van der Waals surface area contributed by atoms with Crippen molar-refractivity contribution in [3.05, 3.63) is 53.0 Å². The van der Waals surface area contributed by atoms with Gasteiger partial charge >= 0.3 is 17.9 Å². The standard InChI is InChI=1S/C24H27F3N4O4/c1-13-9-15(12-28-20(13)30-23(34)35-24(2,3)4)29-21(32)22(33)31-8-6-5-7-18(31)14-10-16(25)19(27)17(26)11-14/h9-12,18H,5-8H2,1-4H3,(H,29,32)(H,28,30,34)/t18-/m0/s1. The summed E-state index contributed by atoms with van der Waals surface area (Å²) < 4.78 is 46.1. The fourth-order valence-electron chi connectivity index (χ4n) is 3.78. The molecule has 0 radical (unpaired) electrons. The third-order valence-corrected chi connectivity index (χ3v) is 5.30. The fourth-order valence-corrected chi connectivity index (χ4v) is 3.78. The predicted octanol–water partition coefficient (Wildman–Crippen LogP) is 4.85. The van der Waals surface area contributed by atoms with Crippen molar-refractivity contribution in [3.63, 3.8) is 0 Å². The monoisotopic (exact) mass is 492 g/mol. The number of benzene rings is 1. The van der Waals surface area contributed by atoms with Gasteiger partial charge in [0, 0.05) is 6.54 Å². The van der Waals surface area contributed by atoms with Crippen molar-refractivity contribution in [3.8, 4) is 0 Å². The third kappa shape index (κ3) is 6.49. The van der Waals surface area contributed by atoms with Gasteiger partial charge < -0.3 is 15.0 Å². The molecule has 0 aliphatic carbocycles. The van der Waals surface area contributed by atoms with Crippen molar-refractivity contribution in [1.82, 2.24) is 9.88 Å². The molecule has 0 bridgehead atoms. The molecule has 1 aliphatic heterocycles. The van der Waals surface area contributed by atoms with E-state index in [1.54, 1.807) is 27.7 Å². The van der Waals surface area contributed by atoms with Gasteiger partial charge in [-0.3, -0.25) is 14.9 Å². The number of halogens is 3.